The van der Waals surface area contributed by atoms with Crippen molar-refractivity contribution in [1.29, 1.82) is 0 Å². The smallest absolute Gasteiger partial charge is 0.270 e. The molecule has 0 aliphatic rings. The second-order valence-corrected chi connectivity index (χ2v) is 5.33. The molecule has 1 aromatic carbocycles. The van der Waals surface area contributed by atoms with Crippen LogP contribution in [0, 0.1) is 17.0 Å². The Morgan fingerprint density at radius 2 is 2.00 bits per heavy atom. The van der Waals surface area contributed by atoms with Gasteiger partial charge in [0.15, 0.2) is 0 Å². The Balaban J connectivity index is 2.56. The first-order valence-corrected chi connectivity index (χ1v) is 7.14. The average Bonchev–Trinajstić information content (AvgIpc) is 2.43. The van der Waals surface area contributed by atoms with E-state index in [0.29, 0.717) is 13.2 Å². The lowest BCUT2D eigenvalue weighted by molar-refractivity contribution is -0.385. The van der Waals surface area contributed by atoms with E-state index in [1.807, 2.05) is 0 Å². The zero-order valence-corrected chi connectivity index (χ0v) is 11.5. The summed E-state index contributed by atoms with van der Waals surface area (Å²) in [6.45, 7) is 4.05. The van der Waals surface area contributed by atoms with E-state index in [9.17, 15) is 18.5 Å². The van der Waals surface area contributed by atoms with Crippen LogP contribution in [-0.4, -0.2) is 39.9 Å². The normalized spacial score (nSPS) is 11.4. The van der Waals surface area contributed by atoms with Crippen LogP contribution in [0.4, 0.5) is 5.69 Å². The number of nitro groups is 1. The standard InChI is InChI=1S/C11H15N2O6S/c1-2-18-6-7-19-9-12-20(16,17)11-5-3-4-10(8-11)13(14)15/h3-5,8,12H,1-2,6-7,9H2. The number of nitro benzene ring substituents is 1. The van der Waals surface area contributed by atoms with Crippen LogP contribution in [0.15, 0.2) is 29.2 Å². The van der Waals surface area contributed by atoms with Crippen LogP contribution >= 0.6 is 0 Å². The van der Waals surface area contributed by atoms with Gasteiger partial charge in [-0.3, -0.25) is 10.1 Å². The van der Waals surface area contributed by atoms with Gasteiger partial charge in [0.1, 0.15) is 6.73 Å². The van der Waals surface area contributed by atoms with Crippen molar-refractivity contribution in [2.45, 2.75) is 4.90 Å². The number of sulfonamides is 1. The SMILES string of the molecule is [CH2]COCCOCNS(=O)(=O)c1cccc([N+](=O)[O-])c1. The minimum absolute atomic E-state index is 0.190. The highest BCUT2D eigenvalue weighted by atomic mass is 32.2. The summed E-state index contributed by atoms with van der Waals surface area (Å²) in [7, 11) is -3.84. The lowest BCUT2D eigenvalue weighted by Crippen LogP contribution is -2.27. The third-order valence-electron chi connectivity index (χ3n) is 2.21. The van der Waals surface area contributed by atoms with Crippen LogP contribution in [0.2, 0.25) is 0 Å². The molecule has 8 nitrogen and oxygen atoms in total. The van der Waals surface area contributed by atoms with Crippen molar-refractivity contribution in [3.63, 3.8) is 0 Å². The van der Waals surface area contributed by atoms with Crippen molar-refractivity contribution in [1.82, 2.24) is 4.72 Å². The summed E-state index contributed by atoms with van der Waals surface area (Å²) in [5.74, 6) is 0. The maximum absolute atomic E-state index is 11.8. The van der Waals surface area contributed by atoms with E-state index < -0.39 is 14.9 Å². The molecule has 9 heteroatoms. The lowest BCUT2D eigenvalue weighted by Gasteiger charge is -2.07. The topological polar surface area (TPSA) is 108 Å². The van der Waals surface area contributed by atoms with E-state index >= 15 is 0 Å². The third-order valence-corrected chi connectivity index (χ3v) is 3.58. The van der Waals surface area contributed by atoms with Crippen LogP contribution in [0.25, 0.3) is 0 Å². The Hall–Kier alpha value is -1.55. The quantitative estimate of drug-likeness (QED) is 0.311. The molecule has 0 atom stereocenters. The number of hydrogen-bond donors (Lipinski definition) is 1. The van der Waals surface area contributed by atoms with E-state index in [-0.39, 0.29) is 23.9 Å². The van der Waals surface area contributed by atoms with Crippen LogP contribution in [0.5, 0.6) is 0 Å². The fourth-order valence-electron chi connectivity index (χ4n) is 1.26. The van der Waals surface area contributed by atoms with E-state index in [1.165, 1.54) is 18.2 Å². The molecule has 0 aliphatic carbocycles. The maximum atomic E-state index is 11.8. The summed E-state index contributed by atoms with van der Waals surface area (Å²) in [6.07, 6.45) is 0. The largest absolute Gasteiger partial charge is 0.379 e. The monoisotopic (exact) mass is 303 g/mol. The molecule has 0 amide bonds. The summed E-state index contributed by atoms with van der Waals surface area (Å²) in [6, 6.07) is 4.76. The van der Waals surface area contributed by atoms with E-state index in [0.717, 1.165) is 6.07 Å². The predicted molar refractivity (Wildman–Crippen MR) is 70.4 cm³/mol. The van der Waals surface area contributed by atoms with Crippen molar-refractivity contribution in [3.8, 4) is 0 Å². The van der Waals surface area contributed by atoms with Crippen molar-refractivity contribution in [3.05, 3.63) is 41.3 Å². The zero-order valence-electron chi connectivity index (χ0n) is 10.6. The minimum Gasteiger partial charge on any atom is -0.379 e. The highest BCUT2D eigenvalue weighted by Gasteiger charge is 2.16. The van der Waals surface area contributed by atoms with Crippen LogP contribution < -0.4 is 4.72 Å². The van der Waals surface area contributed by atoms with Gasteiger partial charge in [0.05, 0.1) is 23.0 Å². The zero-order chi connectivity index (χ0) is 15.0. The number of hydrogen-bond acceptors (Lipinski definition) is 6. The Bertz CT molecular complexity index is 546. The molecule has 1 aromatic rings. The summed E-state index contributed by atoms with van der Waals surface area (Å²) in [5.41, 5.74) is -0.294. The van der Waals surface area contributed by atoms with Gasteiger partial charge in [0, 0.05) is 18.7 Å². The molecule has 0 saturated carbocycles. The number of rotatable bonds is 9. The lowest BCUT2D eigenvalue weighted by atomic mass is 10.3. The molecule has 0 saturated heterocycles. The highest BCUT2D eigenvalue weighted by molar-refractivity contribution is 7.89. The van der Waals surface area contributed by atoms with E-state index in [2.05, 4.69) is 11.6 Å². The van der Waals surface area contributed by atoms with Gasteiger partial charge in [-0.25, -0.2) is 8.42 Å². The predicted octanol–water partition coefficient (Wildman–Crippen LogP) is 0.698. The number of ether oxygens (including phenoxy) is 2. The maximum Gasteiger partial charge on any atom is 0.270 e. The Morgan fingerprint density at radius 1 is 1.30 bits per heavy atom. The highest BCUT2D eigenvalue weighted by Crippen LogP contribution is 2.16. The van der Waals surface area contributed by atoms with Crippen LogP contribution in [-0.2, 0) is 19.5 Å². The first-order valence-electron chi connectivity index (χ1n) is 5.66. The molecule has 20 heavy (non-hydrogen) atoms. The van der Waals surface area contributed by atoms with E-state index in [4.69, 9.17) is 9.47 Å². The van der Waals surface area contributed by atoms with Gasteiger partial charge >= 0.3 is 0 Å². The number of benzene rings is 1. The van der Waals surface area contributed by atoms with Crippen molar-refractivity contribution < 1.29 is 22.8 Å². The minimum atomic E-state index is -3.84. The Morgan fingerprint density at radius 3 is 2.65 bits per heavy atom. The number of non-ortho nitro benzene ring substituents is 1. The molecule has 0 aliphatic heterocycles. The van der Waals surface area contributed by atoms with Gasteiger partial charge in [0.25, 0.3) is 5.69 Å². The van der Waals surface area contributed by atoms with Crippen molar-refractivity contribution in [2.24, 2.45) is 0 Å². The summed E-state index contributed by atoms with van der Waals surface area (Å²) >= 11 is 0. The number of nitrogens with one attached hydrogen (secondary N) is 1. The molecule has 1 N–H and O–H groups in total. The third kappa shape index (κ3) is 5.21. The molecule has 0 fully saturated rings. The van der Waals surface area contributed by atoms with Gasteiger partial charge in [-0.05, 0) is 13.0 Å². The molecular formula is C11H15N2O6S. The van der Waals surface area contributed by atoms with Crippen LogP contribution in [0.3, 0.4) is 0 Å². The summed E-state index contributed by atoms with van der Waals surface area (Å²) in [5, 5.41) is 10.6. The second-order valence-electron chi connectivity index (χ2n) is 3.57. The van der Waals surface area contributed by atoms with E-state index in [1.54, 1.807) is 0 Å². The molecule has 0 spiro atoms. The summed E-state index contributed by atoms with van der Waals surface area (Å²) in [4.78, 5) is 9.74. The van der Waals surface area contributed by atoms with Crippen molar-refractivity contribution in [2.75, 3.05) is 26.6 Å². The molecule has 0 unspecified atom stereocenters. The summed E-state index contributed by atoms with van der Waals surface area (Å²) < 4.78 is 35.8. The molecule has 1 radical (unpaired) electrons. The molecule has 1 rings (SSSR count). The average molecular weight is 303 g/mol. The molecule has 0 bridgehead atoms. The number of nitrogens with zero attached hydrogens (tertiary/aromatic N) is 1. The first-order chi connectivity index (χ1) is 9.47. The van der Waals surface area contributed by atoms with Gasteiger partial charge < -0.3 is 9.47 Å². The molecular weight excluding hydrogens is 288 g/mol. The molecule has 0 heterocycles. The second kappa shape index (κ2) is 7.90. The van der Waals surface area contributed by atoms with Gasteiger partial charge in [0.2, 0.25) is 10.0 Å². The fourth-order valence-corrected chi connectivity index (χ4v) is 2.20. The van der Waals surface area contributed by atoms with Gasteiger partial charge in [-0.1, -0.05) is 6.07 Å². The van der Waals surface area contributed by atoms with Gasteiger partial charge in [-0.15, -0.1) is 0 Å². The molecule has 111 valence electrons. The molecule has 0 aromatic heterocycles. The first kappa shape index (κ1) is 16.5. The Kier molecular flexibility index (Phi) is 6.52. The van der Waals surface area contributed by atoms with Crippen molar-refractivity contribution >= 4 is 15.7 Å². The van der Waals surface area contributed by atoms with Crippen LogP contribution in [0.1, 0.15) is 0 Å². The fraction of sp³-hybridized carbons (Fsp3) is 0.364. The van der Waals surface area contributed by atoms with Gasteiger partial charge in [-0.2, -0.15) is 4.72 Å². The Labute approximate surface area is 116 Å².